The van der Waals surface area contributed by atoms with Crippen molar-refractivity contribution in [2.45, 2.75) is 0 Å². The topological polar surface area (TPSA) is 46.5 Å². The maximum atomic E-state index is 11.7. The highest BCUT2D eigenvalue weighted by atomic mass is 32.3. The van der Waals surface area contributed by atoms with Gasteiger partial charge >= 0.3 is 0 Å². The Labute approximate surface area is 50.4 Å². The minimum atomic E-state index is -3.46. The second-order valence-corrected chi connectivity index (χ2v) is 4.09. The van der Waals surface area contributed by atoms with Gasteiger partial charge in [0.1, 0.15) is 0 Å². The van der Waals surface area contributed by atoms with Gasteiger partial charge in [-0.05, 0) is 0 Å². The highest BCUT2D eigenvalue weighted by Gasteiger charge is 1.94. The molecule has 1 atom stereocenters. The Bertz CT molecular complexity index is 190. The molecule has 0 aromatic carbocycles. The first-order valence-electron chi connectivity index (χ1n) is 1.67. The first-order valence-corrected chi connectivity index (χ1v) is 5.01. The fourth-order valence-corrected chi connectivity index (χ4v) is 1.68. The van der Waals surface area contributed by atoms with Gasteiger partial charge < -0.3 is 0 Å². The summed E-state index contributed by atoms with van der Waals surface area (Å²) in [4.78, 5) is 0. The summed E-state index contributed by atoms with van der Waals surface area (Å²) in [6.45, 7) is 0. The third-order valence-corrected chi connectivity index (χ3v) is 2.14. The van der Waals surface area contributed by atoms with Crippen molar-refractivity contribution in [2.75, 3.05) is 12.5 Å². The summed E-state index contributed by atoms with van der Waals surface area (Å²) in [6, 6.07) is 0. The van der Waals surface area contributed by atoms with Crippen molar-refractivity contribution in [3.63, 3.8) is 0 Å². The fourth-order valence-electron chi connectivity index (χ4n) is 0.187. The molecule has 0 aliphatic carbocycles. The Morgan fingerprint density at radius 3 is 2.00 bits per heavy atom. The number of rotatable bonds is 1. The molecule has 0 aromatic rings. The van der Waals surface area contributed by atoms with E-state index in [0.29, 0.717) is 0 Å². The molecule has 0 aliphatic heterocycles. The quantitative estimate of drug-likeness (QED) is 0.551. The van der Waals surface area contributed by atoms with E-state index in [4.69, 9.17) is 0 Å². The lowest BCUT2D eigenvalue weighted by Crippen LogP contribution is -1.89. The van der Waals surface area contributed by atoms with E-state index in [0.717, 1.165) is 12.5 Å². The summed E-state index contributed by atoms with van der Waals surface area (Å²) in [6.07, 6.45) is 1.94. The first-order chi connectivity index (χ1) is 3.42. The molecular weight excluding hydrogens is 153 g/mol. The van der Waals surface area contributed by atoms with Crippen molar-refractivity contribution in [3.05, 3.63) is 0 Å². The standard InChI is InChI=1S/C2H6FNO2S2/c1-7(3)4-8(2,5)6/h1-2H3. The van der Waals surface area contributed by atoms with Crippen LogP contribution in [0.15, 0.2) is 3.77 Å². The summed E-state index contributed by atoms with van der Waals surface area (Å²) in [5, 5.41) is 0. The number of sulfonamides is 1. The number of halogens is 1. The van der Waals surface area contributed by atoms with Gasteiger partial charge in [0, 0.05) is 6.26 Å². The van der Waals surface area contributed by atoms with E-state index in [1.165, 1.54) is 0 Å². The van der Waals surface area contributed by atoms with Crippen molar-refractivity contribution in [3.8, 4) is 0 Å². The van der Waals surface area contributed by atoms with Gasteiger partial charge in [0.25, 0.3) is 10.0 Å². The normalized spacial score (nSPS) is 16.4. The van der Waals surface area contributed by atoms with E-state index in [2.05, 4.69) is 3.77 Å². The van der Waals surface area contributed by atoms with E-state index >= 15 is 0 Å². The van der Waals surface area contributed by atoms with E-state index in [1.807, 2.05) is 0 Å². The smallest absolute Gasteiger partial charge is 0.204 e. The maximum Gasteiger partial charge on any atom is 0.258 e. The molecule has 0 radical (unpaired) electrons. The largest absolute Gasteiger partial charge is 0.258 e. The Hall–Kier alpha value is 0.0300. The van der Waals surface area contributed by atoms with Gasteiger partial charge in [-0.25, -0.2) is 8.42 Å². The van der Waals surface area contributed by atoms with Crippen molar-refractivity contribution in [1.82, 2.24) is 0 Å². The van der Waals surface area contributed by atoms with Gasteiger partial charge in [-0.3, -0.25) is 0 Å². The van der Waals surface area contributed by atoms with Crippen LogP contribution in [0.5, 0.6) is 0 Å². The molecule has 0 aromatic heterocycles. The Morgan fingerprint density at radius 2 is 2.00 bits per heavy atom. The first kappa shape index (κ1) is 8.03. The molecule has 0 heterocycles. The number of nitrogens with zero attached hydrogens (tertiary/aromatic N) is 1. The molecule has 0 aliphatic rings. The molecule has 0 spiro atoms. The van der Waals surface area contributed by atoms with Crippen LogP contribution >= 0.6 is 0 Å². The summed E-state index contributed by atoms with van der Waals surface area (Å²) in [7, 11) is -3.46. The predicted molar refractivity (Wildman–Crippen MR) is 31.7 cm³/mol. The van der Waals surface area contributed by atoms with Crippen LogP contribution in [-0.4, -0.2) is 20.9 Å². The summed E-state index contributed by atoms with van der Waals surface area (Å²) >= 11 is -1.85. The molecule has 1 unspecified atom stereocenters. The number of hydrogen-bond donors (Lipinski definition) is 0. The molecule has 0 saturated heterocycles. The molecule has 50 valence electrons. The zero-order valence-electron chi connectivity index (χ0n) is 4.46. The Balaban J connectivity index is 4.36. The summed E-state index contributed by atoms with van der Waals surface area (Å²) in [5.41, 5.74) is 0. The molecule has 0 N–H and O–H groups in total. The summed E-state index contributed by atoms with van der Waals surface area (Å²) in [5.74, 6) is 0. The van der Waals surface area contributed by atoms with Crippen molar-refractivity contribution in [1.29, 1.82) is 0 Å². The molecule has 8 heavy (non-hydrogen) atoms. The van der Waals surface area contributed by atoms with Crippen LogP contribution in [0.1, 0.15) is 0 Å². The van der Waals surface area contributed by atoms with Crippen LogP contribution in [0.2, 0.25) is 0 Å². The highest BCUT2D eigenvalue weighted by Crippen LogP contribution is 1.90. The number of hydrogen-bond acceptors (Lipinski definition) is 2. The van der Waals surface area contributed by atoms with Crippen molar-refractivity contribution in [2.24, 2.45) is 3.77 Å². The molecule has 0 bridgehead atoms. The van der Waals surface area contributed by atoms with E-state index < -0.39 is 21.1 Å². The monoisotopic (exact) mass is 159 g/mol. The molecule has 6 heteroatoms. The molecule has 0 rings (SSSR count). The average Bonchev–Trinajstić information content (AvgIpc) is 1.21. The third-order valence-electron chi connectivity index (χ3n) is 0.238. The van der Waals surface area contributed by atoms with Crippen LogP contribution < -0.4 is 0 Å². The van der Waals surface area contributed by atoms with E-state index in [9.17, 15) is 12.3 Å². The van der Waals surface area contributed by atoms with Gasteiger partial charge in [0.15, 0.2) is 0 Å². The zero-order valence-corrected chi connectivity index (χ0v) is 6.09. The lowest BCUT2D eigenvalue weighted by molar-refractivity contribution is 0.604. The Morgan fingerprint density at radius 1 is 1.62 bits per heavy atom. The Kier molecular flexibility index (Phi) is 2.55. The minimum Gasteiger partial charge on any atom is -0.204 e. The van der Waals surface area contributed by atoms with Crippen LogP contribution in [0.4, 0.5) is 3.89 Å². The lowest BCUT2D eigenvalue weighted by atomic mass is 12.0. The predicted octanol–water partition coefficient (Wildman–Crippen LogP) is 0.262. The second kappa shape index (κ2) is 2.54. The van der Waals surface area contributed by atoms with Gasteiger partial charge in [-0.15, -0.1) is 3.77 Å². The molecule has 3 nitrogen and oxygen atoms in total. The van der Waals surface area contributed by atoms with Gasteiger partial charge in [-0.2, -0.15) is 3.89 Å². The third kappa shape index (κ3) is 6.03. The molecule has 0 amide bonds. The average molecular weight is 159 g/mol. The highest BCUT2D eigenvalue weighted by molar-refractivity contribution is 7.97. The van der Waals surface area contributed by atoms with Crippen molar-refractivity contribution >= 4 is 21.1 Å². The second-order valence-electron chi connectivity index (χ2n) is 1.21. The molecule has 0 fully saturated rings. The van der Waals surface area contributed by atoms with E-state index in [1.54, 1.807) is 0 Å². The minimum absolute atomic E-state index is 0.857. The summed E-state index contributed by atoms with van der Waals surface area (Å²) < 4.78 is 34.5. The maximum absolute atomic E-state index is 11.7. The molecule has 0 saturated carbocycles. The molecular formula is C2H6FNO2S2. The van der Waals surface area contributed by atoms with E-state index in [-0.39, 0.29) is 0 Å². The fraction of sp³-hybridized carbons (Fsp3) is 1.00. The van der Waals surface area contributed by atoms with Crippen LogP contribution in [0.25, 0.3) is 0 Å². The van der Waals surface area contributed by atoms with Crippen LogP contribution in [0, 0.1) is 0 Å². The van der Waals surface area contributed by atoms with Gasteiger partial charge in [0.05, 0.1) is 17.3 Å². The van der Waals surface area contributed by atoms with Gasteiger partial charge in [-0.1, -0.05) is 0 Å². The van der Waals surface area contributed by atoms with Gasteiger partial charge in [0.2, 0.25) is 0 Å². The van der Waals surface area contributed by atoms with Crippen LogP contribution in [0.3, 0.4) is 0 Å². The lowest BCUT2D eigenvalue weighted by Gasteiger charge is -1.82. The van der Waals surface area contributed by atoms with Crippen LogP contribution in [-0.2, 0) is 21.1 Å². The SMILES string of the molecule is C/S(F)=N/S(C)(=O)=O. The van der Waals surface area contributed by atoms with Crippen molar-refractivity contribution < 1.29 is 12.3 Å². The zero-order chi connectivity index (χ0) is 6.78.